The average molecular weight is 410 g/mol. The highest BCUT2D eigenvalue weighted by molar-refractivity contribution is 6.00. The summed E-state index contributed by atoms with van der Waals surface area (Å²) >= 11 is 0. The van der Waals surface area contributed by atoms with Gasteiger partial charge in [0.05, 0.1) is 41.8 Å². The van der Waals surface area contributed by atoms with Crippen LogP contribution < -0.4 is 5.32 Å². The lowest BCUT2D eigenvalue weighted by atomic mass is 9.77. The topological polar surface area (TPSA) is 85.7 Å². The number of fused-ring (bicyclic) bond motifs is 2. The molecule has 0 unspecified atom stereocenters. The molecular weight excluding hydrogens is 384 g/mol. The van der Waals surface area contributed by atoms with Crippen LogP contribution in [-0.4, -0.2) is 64.8 Å². The fourth-order valence-electron chi connectivity index (χ4n) is 5.09. The van der Waals surface area contributed by atoms with Gasteiger partial charge in [-0.1, -0.05) is 12.2 Å². The predicted octanol–water partition coefficient (Wildman–Crippen LogP) is 1.81. The van der Waals surface area contributed by atoms with E-state index >= 15 is 0 Å². The molecule has 30 heavy (non-hydrogen) atoms. The van der Waals surface area contributed by atoms with Crippen molar-refractivity contribution < 1.29 is 19.1 Å². The Morgan fingerprint density at radius 2 is 2.30 bits per heavy atom. The zero-order valence-corrected chi connectivity index (χ0v) is 17.2. The molecule has 2 aromatic rings. The minimum Gasteiger partial charge on any atom is -0.385 e. The van der Waals surface area contributed by atoms with Crippen LogP contribution in [-0.2, 0) is 25.6 Å². The monoisotopic (exact) mass is 410 g/mol. The second kappa shape index (κ2) is 7.21. The Balaban J connectivity index is 1.35. The van der Waals surface area contributed by atoms with Crippen molar-refractivity contribution in [2.45, 2.75) is 31.6 Å². The van der Waals surface area contributed by atoms with Gasteiger partial charge in [0.25, 0.3) is 0 Å². The highest BCUT2D eigenvalue weighted by atomic mass is 16.5. The summed E-state index contributed by atoms with van der Waals surface area (Å²) < 4.78 is 13.3. The van der Waals surface area contributed by atoms with Crippen molar-refractivity contribution in [1.29, 1.82) is 0 Å². The van der Waals surface area contributed by atoms with Crippen LogP contribution in [0.1, 0.15) is 13.3 Å². The third-order valence-corrected chi connectivity index (χ3v) is 6.49. The van der Waals surface area contributed by atoms with Gasteiger partial charge in [0.1, 0.15) is 5.60 Å². The van der Waals surface area contributed by atoms with Gasteiger partial charge < -0.3 is 24.3 Å². The van der Waals surface area contributed by atoms with Gasteiger partial charge in [-0.3, -0.25) is 9.59 Å². The average Bonchev–Trinajstić information content (AvgIpc) is 3.47. The lowest BCUT2D eigenvalue weighted by Crippen LogP contribution is -2.41. The van der Waals surface area contributed by atoms with Crippen molar-refractivity contribution in [3.8, 4) is 0 Å². The number of carbonyl (C=O) groups is 2. The van der Waals surface area contributed by atoms with Crippen LogP contribution in [0.15, 0.2) is 36.7 Å². The highest BCUT2D eigenvalue weighted by Gasteiger charge is 2.66. The molecule has 4 atom stereocenters. The molecular formula is C22H26N4O4. The summed E-state index contributed by atoms with van der Waals surface area (Å²) in [6.07, 6.45) is 6.11. The number of aromatic nitrogens is 2. The molecule has 0 radical (unpaired) electrons. The second-order valence-corrected chi connectivity index (χ2v) is 8.23. The molecule has 2 fully saturated rings. The molecule has 4 heterocycles. The van der Waals surface area contributed by atoms with Crippen LogP contribution in [0.5, 0.6) is 0 Å². The van der Waals surface area contributed by atoms with Crippen molar-refractivity contribution in [3.63, 3.8) is 0 Å². The number of methoxy groups -OCH3 is 1. The molecule has 0 saturated carbocycles. The molecule has 1 aromatic heterocycles. The maximum absolute atomic E-state index is 13.2. The van der Waals surface area contributed by atoms with E-state index in [4.69, 9.17) is 9.47 Å². The first kappa shape index (κ1) is 19.3. The van der Waals surface area contributed by atoms with Gasteiger partial charge in [0.2, 0.25) is 11.8 Å². The Bertz CT molecular complexity index is 1030. The second-order valence-electron chi connectivity index (χ2n) is 8.23. The van der Waals surface area contributed by atoms with Gasteiger partial charge in [-0.15, -0.1) is 0 Å². The Kier molecular flexibility index (Phi) is 4.63. The molecule has 3 aliphatic heterocycles. The zero-order chi connectivity index (χ0) is 20.9. The summed E-state index contributed by atoms with van der Waals surface area (Å²) in [6, 6.07) is 5.70. The minimum absolute atomic E-state index is 0.00440. The van der Waals surface area contributed by atoms with E-state index in [0.29, 0.717) is 25.4 Å². The third-order valence-electron chi connectivity index (χ3n) is 6.49. The minimum atomic E-state index is -0.680. The van der Waals surface area contributed by atoms with Crippen molar-refractivity contribution >= 4 is 28.5 Å². The first-order valence-corrected chi connectivity index (χ1v) is 10.5. The summed E-state index contributed by atoms with van der Waals surface area (Å²) in [5.41, 5.74) is 1.85. The van der Waals surface area contributed by atoms with E-state index in [9.17, 15) is 9.59 Å². The number of anilines is 1. The van der Waals surface area contributed by atoms with Crippen molar-refractivity contribution in [2.24, 2.45) is 11.8 Å². The molecule has 5 rings (SSSR count). The number of ether oxygens (including phenoxy) is 2. The number of nitrogens with zero attached hydrogens (tertiary/aromatic N) is 3. The van der Waals surface area contributed by atoms with Crippen LogP contribution >= 0.6 is 0 Å². The van der Waals surface area contributed by atoms with Crippen molar-refractivity contribution in [3.05, 3.63) is 36.7 Å². The molecule has 2 saturated heterocycles. The molecule has 8 heteroatoms. The fraction of sp³-hybridized carbons (Fsp3) is 0.500. The highest BCUT2D eigenvalue weighted by Crippen LogP contribution is 2.52. The molecule has 158 valence electrons. The summed E-state index contributed by atoms with van der Waals surface area (Å²) in [5, 5.41) is 2.99. The maximum atomic E-state index is 13.2. The van der Waals surface area contributed by atoms with E-state index in [1.165, 1.54) is 0 Å². The van der Waals surface area contributed by atoms with E-state index in [-0.39, 0.29) is 17.9 Å². The Morgan fingerprint density at radius 1 is 1.43 bits per heavy atom. The van der Waals surface area contributed by atoms with Crippen LogP contribution in [0.3, 0.4) is 0 Å². The zero-order valence-electron chi connectivity index (χ0n) is 17.2. The van der Waals surface area contributed by atoms with E-state index in [1.807, 2.05) is 30.4 Å². The number of hydrogen-bond acceptors (Lipinski definition) is 5. The van der Waals surface area contributed by atoms with Crippen LogP contribution in [0, 0.1) is 11.8 Å². The van der Waals surface area contributed by atoms with Gasteiger partial charge in [-0.2, -0.15) is 0 Å². The SMILES string of the molecule is CCn1cnc2cc(NC(=O)[C@@H]3[C@H]4C(=O)N(CCCOC)C[C@@]45C=C[C@H]3O5)ccc21. The summed E-state index contributed by atoms with van der Waals surface area (Å²) in [6.45, 7) is 4.60. The van der Waals surface area contributed by atoms with Gasteiger partial charge in [0, 0.05) is 32.5 Å². The molecule has 2 bridgehead atoms. The smallest absolute Gasteiger partial charge is 0.231 e. The number of benzene rings is 1. The van der Waals surface area contributed by atoms with Crippen LogP contribution in [0.2, 0.25) is 0 Å². The molecule has 1 spiro atoms. The van der Waals surface area contributed by atoms with E-state index in [0.717, 1.165) is 24.0 Å². The molecule has 2 amide bonds. The van der Waals surface area contributed by atoms with Gasteiger partial charge in [-0.05, 0) is 31.5 Å². The van der Waals surface area contributed by atoms with Crippen LogP contribution in [0.25, 0.3) is 11.0 Å². The molecule has 0 aliphatic carbocycles. The molecule has 1 N–H and O–H groups in total. The molecule has 3 aliphatic rings. The third kappa shape index (κ3) is 2.86. The van der Waals surface area contributed by atoms with E-state index < -0.39 is 17.4 Å². The first-order chi connectivity index (χ1) is 14.6. The largest absolute Gasteiger partial charge is 0.385 e. The van der Waals surface area contributed by atoms with E-state index in [2.05, 4.69) is 21.8 Å². The number of rotatable bonds is 7. The number of carbonyl (C=O) groups excluding carboxylic acids is 2. The first-order valence-electron chi connectivity index (χ1n) is 10.5. The number of imidazole rings is 1. The standard InChI is InChI=1S/C22H26N4O4/c1-3-25-13-23-15-11-14(5-6-16(15)25)24-20(27)18-17-7-8-22(30-17)12-26(9-4-10-29-2)21(28)19(18)22/h5-8,11,13,17-19H,3-4,9-10,12H2,1-2H3,(H,24,27)/t17-,18+,19+,22+/m1/s1. The fourth-order valence-corrected chi connectivity index (χ4v) is 5.09. The summed E-state index contributed by atoms with van der Waals surface area (Å²) in [7, 11) is 1.65. The van der Waals surface area contributed by atoms with Gasteiger partial charge >= 0.3 is 0 Å². The Morgan fingerprint density at radius 3 is 3.10 bits per heavy atom. The van der Waals surface area contributed by atoms with E-state index in [1.54, 1.807) is 18.3 Å². The summed E-state index contributed by atoms with van der Waals surface area (Å²) in [4.78, 5) is 32.5. The Hall–Kier alpha value is -2.71. The lowest BCUT2D eigenvalue weighted by molar-refractivity contribution is -0.135. The summed E-state index contributed by atoms with van der Waals surface area (Å²) in [5.74, 6) is -1.19. The molecule has 1 aromatic carbocycles. The van der Waals surface area contributed by atoms with Crippen LogP contribution in [0.4, 0.5) is 5.69 Å². The van der Waals surface area contributed by atoms with Crippen molar-refractivity contribution in [1.82, 2.24) is 14.5 Å². The number of hydrogen-bond donors (Lipinski definition) is 1. The van der Waals surface area contributed by atoms with Gasteiger partial charge in [0.15, 0.2) is 0 Å². The Labute approximate surface area is 174 Å². The predicted molar refractivity (Wildman–Crippen MR) is 111 cm³/mol. The quantitative estimate of drug-likeness (QED) is 0.556. The number of nitrogens with one attached hydrogen (secondary N) is 1. The molecule has 8 nitrogen and oxygen atoms in total. The van der Waals surface area contributed by atoms with Gasteiger partial charge in [-0.25, -0.2) is 4.98 Å². The maximum Gasteiger partial charge on any atom is 0.231 e. The number of amides is 2. The van der Waals surface area contributed by atoms with Crippen molar-refractivity contribution in [2.75, 3.05) is 32.1 Å². The lowest BCUT2D eigenvalue weighted by Gasteiger charge is -2.23. The number of likely N-dealkylation sites (tertiary alicyclic amines) is 1. The number of aryl methyl sites for hydroxylation is 1. The normalized spacial score (nSPS) is 29.2.